The molecule has 130 valence electrons. The van der Waals surface area contributed by atoms with E-state index in [0.29, 0.717) is 23.6 Å². The van der Waals surface area contributed by atoms with Crippen LogP contribution in [0.3, 0.4) is 0 Å². The van der Waals surface area contributed by atoms with Crippen LogP contribution in [0.5, 0.6) is 11.5 Å². The zero-order valence-electron chi connectivity index (χ0n) is 14.2. The van der Waals surface area contributed by atoms with Crippen LogP contribution in [0.25, 0.3) is 10.2 Å². The molecule has 0 aliphatic rings. The Balaban J connectivity index is 1.55. The normalized spacial score (nSPS) is 10.6. The summed E-state index contributed by atoms with van der Waals surface area (Å²) in [6, 6.07) is 13.3. The van der Waals surface area contributed by atoms with Crippen LogP contribution >= 0.6 is 11.3 Å². The molecule has 1 aromatic heterocycles. The third-order valence-corrected chi connectivity index (χ3v) is 4.94. The summed E-state index contributed by atoms with van der Waals surface area (Å²) in [6.45, 7) is 0.578. The summed E-state index contributed by atoms with van der Waals surface area (Å²) in [5.41, 5.74) is 1.51. The molecular weight excluding hydrogens is 336 g/mol. The second-order valence-corrected chi connectivity index (χ2v) is 6.62. The molecule has 25 heavy (non-hydrogen) atoms. The molecule has 0 fully saturated rings. The highest BCUT2D eigenvalue weighted by Gasteiger charge is 2.13. The minimum absolute atomic E-state index is 0.167. The van der Waals surface area contributed by atoms with Gasteiger partial charge in [0.1, 0.15) is 11.5 Å². The number of amides is 1. The van der Waals surface area contributed by atoms with Crippen LogP contribution in [0.1, 0.15) is 21.8 Å². The number of aromatic nitrogens is 1. The first kappa shape index (κ1) is 17.2. The van der Waals surface area contributed by atoms with Crippen molar-refractivity contribution < 1.29 is 14.3 Å². The monoisotopic (exact) mass is 356 g/mol. The summed E-state index contributed by atoms with van der Waals surface area (Å²) in [7, 11) is 3.12. The van der Waals surface area contributed by atoms with Crippen LogP contribution in [-0.4, -0.2) is 31.7 Å². The van der Waals surface area contributed by atoms with Gasteiger partial charge in [-0.1, -0.05) is 12.1 Å². The quantitative estimate of drug-likeness (QED) is 0.656. The van der Waals surface area contributed by atoms with Gasteiger partial charge in [0.25, 0.3) is 5.91 Å². The number of benzene rings is 2. The number of carbonyl (C=O) groups is 1. The largest absolute Gasteiger partial charge is 0.497 e. The van der Waals surface area contributed by atoms with E-state index in [1.165, 1.54) is 4.70 Å². The molecule has 0 bridgehead atoms. The molecule has 0 radical (unpaired) electrons. The fourth-order valence-corrected chi connectivity index (χ4v) is 3.56. The lowest BCUT2D eigenvalue weighted by Gasteiger charge is -2.10. The van der Waals surface area contributed by atoms with Crippen molar-refractivity contribution >= 4 is 27.5 Å². The van der Waals surface area contributed by atoms with Crippen molar-refractivity contribution in [3.05, 3.63) is 53.0 Å². The molecule has 1 N–H and O–H groups in total. The smallest absolute Gasteiger partial charge is 0.255 e. The minimum Gasteiger partial charge on any atom is -0.497 e. The number of thiazole rings is 1. The average molecular weight is 356 g/mol. The van der Waals surface area contributed by atoms with Crippen LogP contribution in [0.2, 0.25) is 0 Å². The minimum atomic E-state index is -0.167. The van der Waals surface area contributed by atoms with Crippen molar-refractivity contribution in [3.8, 4) is 11.5 Å². The summed E-state index contributed by atoms with van der Waals surface area (Å²) >= 11 is 1.70. The van der Waals surface area contributed by atoms with E-state index < -0.39 is 0 Å². The molecule has 0 spiro atoms. The van der Waals surface area contributed by atoms with Gasteiger partial charge in [0.15, 0.2) is 0 Å². The van der Waals surface area contributed by atoms with Gasteiger partial charge in [0, 0.05) is 13.0 Å². The van der Waals surface area contributed by atoms with Gasteiger partial charge < -0.3 is 14.8 Å². The number of carbonyl (C=O) groups excluding carboxylic acids is 1. The molecule has 3 rings (SSSR count). The lowest BCUT2D eigenvalue weighted by atomic mass is 10.1. The number of para-hydroxylation sites is 1. The van der Waals surface area contributed by atoms with E-state index in [9.17, 15) is 4.79 Å². The number of aryl methyl sites for hydroxylation is 1. The number of nitrogens with one attached hydrogen (secondary N) is 1. The summed E-state index contributed by atoms with van der Waals surface area (Å²) in [5.74, 6) is 0.991. The molecule has 5 nitrogen and oxygen atoms in total. The van der Waals surface area contributed by atoms with E-state index in [1.54, 1.807) is 43.8 Å². The molecule has 1 amide bonds. The van der Waals surface area contributed by atoms with Gasteiger partial charge in [-0.2, -0.15) is 0 Å². The van der Waals surface area contributed by atoms with Crippen LogP contribution in [0, 0.1) is 0 Å². The Morgan fingerprint density at radius 1 is 1.16 bits per heavy atom. The lowest BCUT2D eigenvalue weighted by molar-refractivity contribution is 0.0950. The van der Waals surface area contributed by atoms with E-state index in [-0.39, 0.29) is 5.91 Å². The SMILES string of the molecule is COc1ccc(OC)c(C(=O)NCCCc2nc3ccccc3s2)c1. The number of nitrogens with zero attached hydrogens (tertiary/aromatic N) is 1. The first-order chi connectivity index (χ1) is 12.2. The van der Waals surface area contributed by atoms with Gasteiger partial charge in [0.05, 0.1) is 35.0 Å². The van der Waals surface area contributed by atoms with Crippen molar-refractivity contribution in [2.75, 3.05) is 20.8 Å². The Labute approximate surface area is 150 Å². The van der Waals surface area contributed by atoms with Crippen LogP contribution in [0.4, 0.5) is 0 Å². The number of rotatable bonds is 7. The molecule has 0 saturated carbocycles. The van der Waals surface area contributed by atoms with Crippen molar-refractivity contribution in [2.45, 2.75) is 12.8 Å². The fourth-order valence-electron chi connectivity index (χ4n) is 2.56. The van der Waals surface area contributed by atoms with Crippen LogP contribution in [0.15, 0.2) is 42.5 Å². The second-order valence-electron chi connectivity index (χ2n) is 5.50. The van der Waals surface area contributed by atoms with Gasteiger partial charge in [-0.05, 0) is 36.8 Å². The van der Waals surface area contributed by atoms with Crippen molar-refractivity contribution in [2.24, 2.45) is 0 Å². The number of hydrogen-bond acceptors (Lipinski definition) is 5. The van der Waals surface area contributed by atoms with E-state index in [1.807, 2.05) is 18.2 Å². The Morgan fingerprint density at radius 2 is 2.00 bits per heavy atom. The number of ether oxygens (including phenoxy) is 2. The zero-order chi connectivity index (χ0) is 17.6. The zero-order valence-corrected chi connectivity index (χ0v) is 15.1. The van der Waals surface area contributed by atoms with E-state index >= 15 is 0 Å². The average Bonchev–Trinajstić information content (AvgIpc) is 3.07. The third kappa shape index (κ3) is 4.09. The maximum atomic E-state index is 12.4. The number of fused-ring (bicyclic) bond motifs is 1. The van der Waals surface area contributed by atoms with E-state index in [0.717, 1.165) is 23.4 Å². The predicted molar refractivity (Wildman–Crippen MR) is 99.8 cm³/mol. The van der Waals surface area contributed by atoms with E-state index in [2.05, 4.69) is 16.4 Å². The highest BCUT2D eigenvalue weighted by Crippen LogP contribution is 2.24. The molecular formula is C19H20N2O3S. The molecule has 6 heteroatoms. The summed E-state index contributed by atoms with van der Waals surface area (Å²) in [4.78, 5) is 17.0. The summed E-state index contributed by atoms with van der Waals surface area (Å²) in [5, 5.41) is 4.02. The topological polar surface area (TPSA) is 60.5 Å². The third-order valence-electron chi connectivity index (χ3n) is 3.84. The van der Waals surface area contributed by atoms with Gasteiger partial charge in [-0.3, -0.25) is 4.79 Å². The van der Waals surface area contributed by atoms with Gasteiger partial charge in [-0.15, -0.1) is 11.3 Å². The first-order valence-electron chi connectivity index (χ1n) is 8.06. The molecule has 0 atom stereocenters. The summed E-state index contributed by atoms with van der Waals surface area (Å²) < 4.78 is 11.6. The van der Waals surface area contributed by atoms with E-state index in [4.69, 9.17) is 9.47 Å². The molecule has 0 unspecified atom stereocenters. The first-order valence-corrected chi connectivity index (χ1v) is 8.87. The Bertz CT molecular complexity index is 843. The van der Waals surface area contributed by atoms with Crippen molar-refractivity contribution in [1.29, 1.82) is 0 Å². The summed E-state index contributed by atoms with van der Waals surface area (Å²) in [6.07, 6.45) is 1.67. The second kappa shape index (κ2) is 7.98. The molecule has 1 heterocycles. The van der Waals surface area contributed by atoms with Crippen LogP contribution < -0.4 is 14.8 Å². The van der Waals surface area contributed by atoms with Gasteiger partial charge >= 0.3 is 0 Å². The van der Waals surface area contributed by atoms with Gasteiger partial charge in [-0.25, -0.2) is 4.98 Å². The molecule has 3 aromatic rings. The van der Waals surface area contributed by atoms with Crippen LogP contribution in [-0.2, 0) is 6.42 Å². The van der Waals surface area contributed by atoms with Crippen molar-refractivity contribution in [1.82, 2.24) is 10.3 Å². The highest BCUT2D eigenvalue weighted by atomic mass is 32.1. The van der Waals surface area contributed by atoms with Crippen molar-refractivity contribution in [3.63, 3.8) is 0 Å². The maximum Gasteiger partial charge on any atom is 0.255 e. The standard InChI is InChI=1S/C19H20N2O3S/c1-23-13-9-10-16(24-2)14(12-13)19(22)20-11-5-8-18-21-15-6-3-4-7-17(15)25-18/h3-4,6-7,9-10,12H,5,8,11H2,1-2H3,(H,20,22). The predicted octanol–water partition coefficient (Wildman–Crippen LogP) is 3.68. The molecule has 0 aliphatic carbocycles. The Hall–Kier alpha value is -2.60. The molecule has 2 aromatic carbocycles. The highest BCUT2D eigenvalue weighted by molar-refractivity contribution is 7.18. The van der Waals surface area contributed by atoms with Gasteiger partial charge in [0.2, 0.25) is 0 Å². The maximum absolute atomic E-state index is 12.4. The number of hydrogen-bond donors (Lipinski definition) is 1. The molecule has 0 saturated heterocycles. The lowest BCUT2D eigenvalue weighted by Crippen LogP contribution is -2.25. The Morgan fingerprint density at radius 3 is 2.76 bits per heavy atom. The number of methoxy groups -OCH3 is 2. The Kier molecular flexibility index (Phi) is 5.50. The molecule has 0 aliphatic heterocycles. The fraction of sp³-hybridized carbons (Fsp3) is 0.263.